The molecule has 8 heteroatoms. The predicted octanol–water partition coefficient (Wildman–Crippen LogP) is 4.02. The molecule has 0 saturated carbocycles. The number of benzene rings is 3. The number of para-hydroxylation sites is 1. The monoisotopic (exact) mass is 492 g/mol. The van der Waals surface area contributed by atoms with Crippen molar-refractivity contribution in [2.75, 3.05) is 34.4 Å². The number of methoxy groups -OCH3 is 3. The first-order chi connectivity index (χ1) is 17.4. The van der Waals surface area contributed by atoms with E-state index in [1.54, 1.807) is 68.7 Å². The lowest BCUT2D eigenvalue weighted by Gasteiger charge is -2.21. The minimum atomic E-state index is -0.520. The molecule has 1 aliphatic heterocycles. The molecule has 0 aliphatic carbocycles. The van der Waals surface area contributed by atoms with Crippen LogP contribution in [0.3, 0.4) is 0 Å². The van der Waals surface area contributed by atoms with Crippen LogP contribution in [-0.2, 0) is 11.3 Å². The van der Waals surface area contributed by atoms with Gasteiger partial charge >= 0.3 is 0 Å². The topological polar surface area (TPSA) is 77.1 Å². The van der Waals surface area contributed by atoms with Crippen LogP contribution in [0.2, 0.25) is 0 Å². The quantitative estimate of drug-likeness (QED) is 0.514. The summed E-state index contributed by atoms with van der Waals surface area (Å²) in [5, 5.41) is 2.95. The van der Waals surface area contributed by atoms with Gasteiger partial charge in [-0.25, -0.2) is 4.39 Å². The van der Waals surface area contributed by atoms with Crippen LogP contribution in [0.4, 0.5) is 4.39 Å². The second-order valence-corrected chi connectivity index (χ2v) is 8.58. The number of hydrogen-bond acceptors (Lipinski definition) is 5. The first-order valence-corrected chi connectivity index (χ1v) is 11.6. The summed E-state index contributed by atoms with van der Waals surface area (Å²) < 4.78 is 29.5. The van der Waals surface area contributed by atoms with Gasteiger partial charge in [0.05, 0.1) is 27.2 Å². The Balaban J connectivity index is 1.61. The number of amides is 2. The van der Waals surface area contributed by atoms with Gasteiger partial charge in [0.2, 0.25) is 5.91 Å². The highest BCUT2D eigenvalue weighted by Crippen LogP contribution is 2.42. The summed E-state index contributed by atoms with van der Waals surface area (Å²) in [4.78, 5) is 28.4. The molecule has 36 heavy (non-hydrogen) atoms. The number of carbonyl (C=O) groups is 2. The maximum Gasteiger partial charge on any atom is 0.253 e. The van der Waals surface area contributed by atoms with Gasteiger partial charge in [-0.1, -0.05) is 24.3 Å². The number of hydrogen-bond donors (Lipinski definition) is 1. The largest absolute Gasteiger partial charge is 0.497 e. The molecule has 0 bridgehead atoms. The highest BCUT2D eigenvalue weighted by atomic mass is 19.1. The van der Waals surface area contributed by atoms with Crippen LogP contribution in [0.15, 0.2) is 66.7 Å². The average Bonchev–Trinajstić information content (AvgIpc) is 3.37. The fraction of sp³-hybridized carbons (Fsp3) is 0.286. The van der Waals surface area contributed by atoms with Gasteiger partial charge in [-0.2, -0.15) is 0 Å². The molecule has 1 heterocycles. The first-order valence-electron chi connectivity index (χ1n) is 11.6. The predicted molar refractivity (Wildman–Crippen MR) is 133 cm³/mol. The molecule has 0 spiro atoms. The Morgan fingerprint density at radius 2 is 1.64 bits per heavy atom. The molecule has 1 N–H and O–H groups in total. The highest BCUT2D eigenvalue weighted by molar-refractivity contribution is 5.95. The molecule has 0 aromatic heterocycles. The molecule has 3 aromatic rings. The van der Waals surface area contributed by atoms with E-state index in [1.165, 1.54) is 12.1 Å². The van der Waals surface area contributed by atoms with Crippen molar-refractivity contribution in [3.05, 3.63) is 89.2 Å². The summed E-state index contributed by atoms with van der Waals surface area (Å²) in [6.07, 6.45) is 0. The van der Waals surface area contributed by atoms with Crippen molar-refractivity contribution in [2.45, 2.75) is 12.5 Å². The van der Waals surface area contributed by atoms with Crippen LogP contribution in [0.25, 0.3) is 0 Å². The van der Waals surface area contributed by atoms with E-state index in [4.69, 9.17) is 14.2 Å². The Bertz CT molecular complexity index is 1210. The number of likely N-dealkylation sites (tertiary alicyclic amines) is 1. The van der Waals surface area contributed by atoms with Crippen molar-refractivity contribution in [1.82, 2.24) is 10.2 Å². The molecular formula is C28H29FN2O5. The zero-order chi connectivity index (χ0) is 25.7. The van der Waals surface area contributed by atoms with E-state index in [1.807, 2.05) is 12.1 Å². The van der Waals surface area contributed by atoms with E-state index in [0.717, 1.165) is 11.1 Å². The molecule has 2 amide bonds. The SMILES string of the molecule is COc1ccc(C(=O)N2C[C@H](c3cccc(OC)c3OC)[C@H](C(=O)NCc3ccc(F)cc3)C2)cc1. The van der Waals surface area contributed by atoms with E-state index in [2.05, 4.69) is 5.32 Å². The second kappa shape index (κ2) is 11.1. The Kier molecular flexibility index (Phi) is 7.73. The molecule has 1 saturated heterocycles. The molecule has 1 fully saturated rings. The molecule has 7 nitrogen and oxygen atoms in total. The Morgan fingerprint density at radius 1 is 0.917 bits per heavy atom. The first kappa shape index (κ1) is 25.0. The number of ether oxygens (including phenoxy) is 3. The molecule has 0 radical (unpaired) electrons. The third-order valence-corrected chi connectivity index (χ3v) is 6.49. The fourth-order valence-electron chi connectivity index (χ4n) is 4.59. The average molecular weight is 493 g/mol. The maximum absolute atomic E-state index is 13.4. The molecule has 3 aromatic carbocycles. The van der Waals surface area contributed by atoms with Crippen molar-refractivity contribution in [3.63, 3.8) is 0 Å². The summed E-state index contributed by atoms with van der Waals surface area (Å²) >= 11 is 0. The van der Waals surface area contributed by atoms with Gasteiger partial charge < -0.3 is 24.4 Å². The van der Waals surface area contributed by atoms with E-state index < -0.39 is 5.92 Å². The zero-order valence-electron chi connectivity index (χ0n) is 20.5. The molecule has 0 unspecified atom stereocenters. The standard InChI is InChI=1S/C28H29FN2O5/c1-34-21-13-9-19(10-14-21)28(33)31-16-23(22-5-4-6-25(35-2)26(22)36-3)24(17-31)27(32)30-15-18-7-11-20(29)12-8-18/h4-14,23-24H,15-17H2,1-3H3,(H,30,32)/t23-,24-/m1/s1. The maximum atomic E-state index is 13.4. The lowest BCUT2D eigenvalue weighted by Crippen LogP contribution is -2.35. The third-order valence-electron chi connectivity index (χ3n) is 6.49. The fourth-order valence-corrected chi connectivity index (χ4v) is 4.59. The van der Waals surface area contributed by atoms with Crippen LogP contribution in [0.5, 0.6) is 17.2 Å². The van der Waals surface area contributed by atoms with Crippen molar-refractivity contribution in [3.8, 4) is 17.2 Å². The van der Waals surface area contributed by atoms with Crippen LogP contribution >= 0.6 is 0 Å². The molecule has 2 atom stereocenters. The van der Waals surface area contributed by atoms with Gasteiger partial charge in [0.1, 0.15) is 11.6 Å². The molecular weight excluding hydrogens is 463 g/mol. The van der Waals surface area contributed by atoms with Crippen LogP contribution < -0.4 is 19.5 Å². The summed E-state index contributed by atoms with van der Waals surface area (Å²) in [5.41, 5.74) is 2.09. The number of halogens is 1. The molecule has 4 rings (SSSR count). The van der Waals surface area contributed by atoms with E-state index in [0.29, 0.717) is 29.4 Å². The smallest absolute Gasteiger partial charge is 0.253 e. The van der Waals surface area contributed by atoms with Gasteiger partial charge in [-0.3, -0.25) is 9.59 Å². The van der Waals surface area contributed by atoms with Crippen molar-refractivity contribution >= 4 is 11.8 Å². The Hall–Kier alpha value is -4.07. The zero-order valence-corrected chi connectivity index (χ0v) is 20.5. The molecule has 188 valence electrons. The summed E-state index contributed by atoms with van der Waals surface area (Å²) in [6, 6.07) is 18.4. The highest BCUT2D eigenvalue weighted by Gasteiger charge is 2.42. The van der Waals surface area contributed by atoms with Gasteiger partial charge in [-0.15, -0.1) is 0 Å². The summed E-state index contributed by atoms with van der Waals surface area (Å²) in [5.74, 6) is 0.223. The minimum Gasteiger partial charge on any atom is -0.497 e. The van der Waals surface area contributed by atoms with Crippen molar-refractivity contribution in [1.29, 1.82) is 0 Å². The van der Waals surface area contributed by atoms with Gasteiger partial charge in [0.25, 0.3) is 5.91 Å². The number of nitrogens with zero attached hydrogens (tertiary/aromatic N) is 1. The van der Waals surface area contributed by atoms with Gasteiger partial charge in [-0.05, 0) is 48.0 Å². The summed E-state index contributed by atoms with van der Waals surface area (Å²) in [6.45, 7) is 0.832. The van der Waals surface area contributed by atoms with Crippen molar-refractivity contribution < 1.29 is 28.2 Å². The van der Waals surface area contributed by atoms with E-state index in [-0.39, 0.29) is 36.6 Å². The number of rotatable bonds is 8. The summed E-state index contributed by atoms with van der Waals surface area (Å²) in [7, 11) is 4.68. The Labute approximate surface area is 209 Å². The van der Waals surface area contributed by atoms with Gasteiger partial charge in [0, 0.05) is 36.7 Å². The van der Waals surface area contributed by atoms with Gasteiger partial charge in [0.15, 0.2) is 11.5 Å². The number of carbonyl (C=O) groups excluding carboxylic acids is 2. The normalized spacial score (nSPS) is 16.9. The van der Waals surface area contributed by atoms with Crippen molar-refractivity contribution in [2.24, 2.45) is 5.92 Å². The van der Waals surface area contributed by atoms with E-state index >= 15 is 0 Å². The van der Waals surface area contributed by atoms with E-state index in [9.17, 15) is 14.0 Å². The number of nitrogens with one attached hydrogen (secondary N) is 1. The second-order valence-electron chi connectivity index (χ2n) is 8.58. The third kappa shape index (κ3) is 5.27. The Morgan fingerprint density at radius 3 is 2.28 bits per heavy atom. The lowest BCUT2D eigenvalue weighted by atomic mass is 9.87. The lowest BCUT2D eigenvalue weighted by molar-refractivity contribution is -0.125. The minimum absolute atomic E-state index is 0.168. The van der Waals surface area contributed by atoms with Crippen LogP contribution in [0.1, 0.15) is 27.4 Å². The van der Waals surface area contributed by atoms with Crippen LogP contribution in [-0.4, -0.2) is 51.1 Å². The van der Waals surface area contributed by atoms with Crippen LogP contribution in [0, 0.1) is 11.7 Å². The molecule has 1 aliphatic rings.